The molecule has 0 aliphatic carbocycles. The molecule has 0 aromatic heterocycles. The van der Waals surface area contributed by atoms with Crippen LogP contribution in [0.4, 0.5) is 8.78 Å². The summed E-state index contributed by atoms with van der Waals surface area (Å²) in [5.41, 5.74) is 2.00. The van der Waals surface area contributed by atoms with E-state index in [1.54, 1.807) is 19.2 Å². The molecule has 1 nitrogen and oxygen atoms in total. The highest BCUT2D eigenvalue weighted by Crippen LogP contribution is 2.28. The van der Waals surface area contributed by atoms with Gasteiger partial charge in [0.05, 0.1) is 6.04 Å². The Balaban J connectivity index is 2.50. The lowest BCUT2D eigenvalue weighted by atomic mass is 9.97. The molecule has 0 saturated heterocycles. The molecule has 1 atom stereocenters. The molecule has 19 heavy (non-hydrogen) atoms. The van der Waals surface area contributed by atoms with Gasteiger partial charge in [-0.15, -0.1) is 0 Å². The Kier molecular flexibility index (Phi) is 4.17. The number of hydrogen-bond acceptors (Lipinski definition) is 1. The summed E-state index contributed by atoms with van der Waals surface area (Å²) in [6.07, 6.45) is 0. The zero-order chi connectivity index (χ0) is 14.0. The number of rotatable bonds is 3. The van der Waals surface area contributed by atoms with Crippen molar-refractivity contribution in [2.75, 3.05) is 7.05 Å². The number of benzene rings is 2. The van der Waals surface area contributed by atoms with Gasteiger partial charge < -0.3 is 5.32 Å². The lowest BCUT2D eigenvalue weighted by Crippen LogP contribution is -2.19. The summed E-state index contributed by atoms with van der Waals surface area (Å²) in [6, 6.07) is 9.21. The van der Waals surface area contributed by atoms with E-state index in [4.69, 9.17) is 11.6 Å². The second-order valence-electron chi connectivity index (χ2n) is 4.37. The lowest BCUT2D eigenvalue weighted by molar-refractivity contribution is 0.487. The van der Waals surface area contributed by atoms with E-state index >= 15 is 0 Å². The fourth-order valence-electron chi connectivity index (χ4n) is 2.03. The van der Waals surface area contributed by atoms with Gasteiger partial charge in [-0.25, -0.2) is 8.78 Å². The molecule has 0 saturated carbocycles. The summed E-state index contributed by atoms with van der Waals surface area (Å²) in [5, 5.41) is 3.59. The number of nitrogens with one attached hydrogen (secondary N) is 1. The van der Waals surface area contributed by atoms with Crippen molar-refractivity contribution in [1.29, 1.82) is 0 Å². The predicted molar refractivity (Wildman–Crippen MR) is 73.4 cm³/mol. The van der Waals surface area contributed by atoms with Crippen molar-refractivity contribution in [2.24, 2.45) is 0 Å². The van der Waals surface area contributed by atoms with Crippen molar-refractivity contribution in [1.82, 2.24) is 5.32 Å². The molecule has 2 rings (SSSR count). The predicted octanol–water partition coefficient (Wildman–Crippen LogP) is 4.24. The zero-order valence-corrected chi connectivity index (χ0v) is 11.4. The average Bonchev–Trinajstić information content (AvgIpc) is 2.39. The molecule has 0 heterocycles. The quantitative estimate of drug-likeness (QED) is 0.887. The Morgan fingerprint density at radius 1 is 1.16 bits per heavy atom. The molecular formula is C15H14ClF2N. The molecule has 1 N–H and O–H groups in total. The van der Waals surface area contributed by atoms with Gasteiger partial charge in [-0.3, -0.25) is 0 Å². The second-order valence-corrected chi connectivity index (χ2v) is 4.78. The molecule has 100 valence electrons. The lowest BCUT2D eigenvalue weighted by Gasteiger charge is -2.18. The van der Waals surface area contributed by atoms with E-state index in [0.29, 0.717) is 5.02 Å². The van der Waals surface area contributed by atoms with Crippen LogP contribution in [0.1, 0.15) is 22.7 Å². The number of halogens is 3. The summed E-state index contributed by atoms with van der Waals surface area (Å²) in [4.78, 5) is 0. The first-order valence-corrected chi connectivity index (χ1v) is 6.29. The van der Waals surface area contributed by atoms with Crippen molar-refractivity contribution in [2.45, 2.75) is 13.0 Å². The van der Waals surface area contributed by atoms with Gasteiger partial charge in [0.15, 0.2) is 11.6 Å². The molecular weight excluding hydrogens is 268 g/mol. The first-order valence-electron chi connectivity index (χ1n) is 5.92. The van der Waals surface area contributed by atoms with Crippen molar-refractivity contribution in [3.8, 4) is 0 Å². The molecule has 0 aliphatic heterocycles. The summed E-state index contributed by atoms with van der Waals surface area (Å²) < 4.78 is 27.2. The van der Waals surface area contributed by atoms with Crippen LogP contribution in [0.3, 0.4) is 0 Å². The number of hydrogen-bond donors (Lipinski definition) is 1. The van der Waals surface area contributed by atoms with Crippen LogP contribution < -0.4 is 5.32 Å². The second kappa shape index (κ2) is 5.68. The topological polar surface area (TPSA) is 12.0 Å². The summed E-state index contributed by atoms with van der Waals surface area (Å²) >= 11 is 6.08. The first-order chi connectivity index (χ1) is 9.04. The van der Waals surface area contributed by atoms with Crippen molar-refractivity contribution in [3.05, 3.63) is 69.7 Å². The average molecular weight is 282 g/mol. The maximum Gasteiger partial charge on any atom is 0.163 e. The van der Waals surface area contributed by atoms with Gasteiger partial charge in [0, 0.05) is 10.6 Å². The largest absolute Gasteiger partial charge is 0.309 e. The van der Waals surface area contributed by atoms with Crippen molar-refractivity contribution < 1.29 is 8.78 Å². The smallest absolute Gasteiger partial charge is 0.163 e. The molecule has 2 aromatic rings. The van der Waals surface area contributed by atoms with E-state index in [1.807, 2.05) is 19.1 Å². The molecule has 0 amide bonds. The summed E-state index contributed by atoms with van der Waals surface area (Å²) in [5.74, 6) is -1.69. The fourth-order valence-corrected chi connectivity index (χ4v) is 2.22. The summed E-state index contributed by atoms with van der Waals surface area (Å²) in [7, 11) is 1.70. The minimum Gasteiger partial charge on any atom is -0.309 e. The Labute approximate surface area is 116 Å². The van der Waals surface area contributed by atoms with Crippen LogP contribution in [-0.4, -0.2) is 7.05 Å². The van der Waals surface area contributed by atoms with E-state index in [2.05, 4.69) is 5.32 Å². The third-order valence-electron chi connectivity index (χ3n) is 3.11. The molecule has 0 radical (unpaired) electrons. The van der Waals surface area contributed by atoms with Gasteiger partial charge in [-0.1, -0.05) is 35.9 Å². The first kappa shape index (κ1) is 14.0. The normalized spacial score (nSPS) is 12.5. The van der Waals surface area contributed by atoms with Gasteiger partial charge in [0.1, 0.15) is 0 Å². The van der Waals surface area contributed by atoms with Crippen LogP contribution in [0.5, 0.6) is 0 Å². The molecule has 0 aliphatic rings. The Hall–Kier alpha value is -1.45. The van der Waals surface area contributed by atoms with Gasteiger partial charge in [-0.05, 0) is 37.2 Å². The van der Waals surface area contributed by atoms with Crippen LogP contribution in [0.15, 0.2) is 36.4 Å². The maximum atomic E-state index is 13.9. The minimum atomic E-state index is -0.851. The molecule has 0 fully saturated rings. The highest BCUT2D eigenvalue weighted by molar-refractivity contribution is 6.31. The van der Waals surface area contributed by atoms with E-state index in [0.717, 1.165) is 17.2 Å². The zero-order valence-electron chi connectivity index (χ0n) is 10.7. The van der Waals surface area contributed by atoms with Gasteiger partial charge in [0.2, 0.25) is 0 Å². The monoisotopic (exact) mass is 281 g/mol. The van der Waals surface area contributed by atoms with Crippen molar-refractivity contribution in [3.63, 3.8) is 0 Å². The standard InChI is InChI=1S/C15H14ClF2N/c1-9-6-7-10(8-12(9)16)15(19-2)11-4-3-5-13(17)14(11)18/h3-8,15,19H,1-2H3. The van der Waals surface area contributed by atoms with Crippen LogP contribution in [0.25, 0.3) is 0 Å². The van der Waals surface area contributed by atoms with Gasteiger partial charge >= 0.3 is 0 Å². The van der Waals surface area contributed by atoms with Gasteiger partial charge in [0.25, 0.3) is 0 Å². The fraction of sp³-hybridized carbons (Fsp3) is 0.200. The van der Waals surface area contributed by atoms with Crippen LogP contribution in [0, 0.1) is 18.6 Å². The van der Waals surface area contributed by atoms with Gasteiger partial charge in [-0.2, -0.15) is 0 Å². The third-order valence-corrected chi connectivity index (χ3v) is 3.52. The van der Waals surface area contributed by atoms with Crippen molar-refractivity contribution >= 4 is 11.6 Å². The highest BCUT2D eigenvalue weighted by Gasteiger charge is 2.18. The van der Waals surface area contributed by atoms with Crippen LogP contribution in [0.2, 0.25) is 5.02 Å². The Morgan fingerprint density at radius 3 is 2.53 bits per heavy atom. The Morgan fingerprint density at radius 2 is 1.89 bits per heavy atom. The van der Waals surface area contributed by atoms with Crippen LogP contribution in [-0.2, 0) is 0 Å². The molecule has 2 aromatic carbocycles. The maximum absolute atomic E-state index is 13.9. The Bertz CT molecular complexity index is 599. The molecule has 4 heteroatoms. The number of aryl methyl sites for hydroxylation is 1. The summed E-state index contributed by atoms with van der Waals surface area (Å²) in [6.45, 7) is 1.89. The molecule has 1 unspecified atom stereocenters. The van der Waals surface area contributed by atoms with E-state index in [-0.39, 0.29) is 5.56 Å². The van der Waals surface area contributed by atoms with Crippen LogP contribution >= 0.6 is 11.6 Å². The van der Waals surface area contributed by atoms with E-state index in [1.165, 1.54) is 6.07 Å². The molecule has 0 bridgehead atoms. The van der Waals surface area contributed by atoms with E-state index < -0.39 is 17.7 Å². The third kappa shape index (κ3) is 2.77. The van der Waals surface area contributed by atoms with E-state index in [9.17, 15) is 8.78 Å². The minimum absolute atomic E-state index is 0.266. The molecule has 0 spiro atoms. The highest BCUT2D eigenvalue weighted by atomic mass is 35.5. The SMILES string of the molecule is CNC(c1ccc(C)c(Cl)c1)c1cccc(F)c1F.